The van der Waals surface area contributed by atoms with Gasteiger partial charge in [0, 0.05) is 55.4 Å². The number of rotatable bonds is 4. The number of benzene rings is 1. The third-order valence-corrected chi connectivity index (χ3v) is 6.37. The highest BCUT2D eigenvalue weighted by Crippen LogP contribution is 2.35. The van der Waals surface area contributed by atoms with Gasteiger partial charge in [-0.05, 0) is 37.5 Å². The summed E-state index contributed by atoms with van der Waals surface area (Å²) in [6, 6.07) is 5.82. The molecule has 3 atom stereocenters. The zero-order chi connectivity index (χ0) is 21.5. The largest absolute Gasteiger partial charge is 0.340 e. The van der Waals surface area contributed by atoms with Gasteiger partial charge in [0.1, 0.15) is 5.82 Å². The summed E-state index contributed by atoms with van der Waals surface area (Å²) in [5, 5.41) is 3.37. The fraction of sp³-hybridized carbons (Fsp3) is 0.348. The lowest BCUT2D eigenvalue weighted by molar-refractivity contribution is 0.0931. The average molecular weight is 418 g/mol. The van der Waals surface area contributed by atoms with E-state index in [1.807, 2.05) is 20.0 Å². The second-order valence-electron chi connectivity index (χ2n) is 8.25. The van der Waals surface area contributed by atoms with Gasteiger partial charge in [-0.3, -0.25) is 4.79 Å². The fourth-order valence-corrected chi connectivity index (χ4v) is 4.59. The van der Waals surface area contributed by atoms with Crippen LogP contribution in [0.1, 0.15) is 21.6 Å². The van der Waals surface area contributed by atoms with E-state index >= 15 is 0 Å². The van der Waals surface area contributed by atoms with E-state index in [1.165, 1.54) is 6.07 Å². The molecule has 2 aliphatic heterocycles. The van der Waals surface area contributed by atoms with E-state index in [0.717, 1.165) is 24.3 Å². The van der Waals surface area contributed by atoms with Gasteiger partial charge in [0.2, 0.25) is 5.95 Å². The first-order valence-corrected chi connectivity index (χ1v) is 10.4. The van der Waals surface area contributed by atoms with Crippen molar-refractivity contribution in [1.29, 1.82) is 0 Å². The maximum atomic E-state index is 14.7. The van der Waals surface area contributed by atoms with E-state index < -0.39 is 11.9 Å². The molecule has 3 unspecified atom stereocenters. The summed E-state index contributed by atoms with van der Waals surface area (Å²) in [7, 11) is 0. The minimum atomic E-state index is -0.497. The molecule has 3 aromatic rings. The third-order valence-electron chi connectivity index (χ3n) is 6.37. The number of carbonyl (C=O) groups excluding carboxylic acids is 1. The molecular formula is C23H23FN6O. The van der Waals surface area contributed by atoms with Crippen LogP contribution in [-0.4, -0.2) is 51.4 Å². The standard InChI is InChI=1S/C23H23FN6O/c1-13-9-28-23(29-14(13)2)30-11-15-10-27-20(17(15)12-30)21(31)16-5-3-6-18(24)19(16)22-25-7-4-8-26-22/h3-9,15,17,20,27H,10-12H2,1-2H3. The molecule has 31 heavy (non-hydrogen) atoms. The molecule has 1 N–H and O–H groups in total. The van der Waals surface area contributed by atoms with Crippen LogP contribution in [0.25, 0.3) is 11.4 Å². The van der Waals surface area contributed by atoms with Crippen LogP contribution in [0.2, 0.25) is 0 Å². The Balaban J connectivity index is 1.43. The first-order chi connectivity index (χ1) is 15.0. The molecule has 0 aliphatic carbocycles. The number of carbonyl (C=O) groups is 1. The minimum absolute atomic E-state index is 0.102. The molecule has 0 amide bonds. The van der Waals surface area contributed by atoms with Crippen LogP contribution in [0.3, 0.4) is 0 Å². The lowest BCUT2D eigenvalue weighted by Gasteiger charge is -2.21. The van der Waals surface area contributed by atoms with Crippen LogP contribution in [0, 0.1) is 31.5 Å². The number of nitrogens with zero attached hydrogens (tertiary/aromatic N) is 5. The van der Waals surface area contributed by atoms with E-state index in [9.17, 15) is 9.18 Å². The molecule has 0 spiro atoms. The molecule has 1 aromatic carbocycles. The SMILES string of the molecule is Cc1cnc(N2CC3CNC(C(=O)c4cccc(F)c4-c4ncccn4)C3C2)nc1C. The molecule has 2 fully saturated rings. The van der Waals surface area contributed by atoms with Gasteiger partial charge in [-0.2, -0.15) is 0 Å². The topological polar surface area (TPSA) is 83.9 Å². The molecule has 158 valence electrons. The first kappa shape index (κ1) is 19.7. The Morgan fingerprint density at radius 3 is 2.71 bits per heavy atom. The van der Waals surface area contributed by atoms with Crippen LogP contribution < -0.4 is 10.2 Å². The predicted octanol–water partition coefficient (Wildman–Crippen LogP) is 2.60. The van der Waals surface area contributed by atoms with Crippen LogP contribution in [0.5, 0.6) is 0 Å². The summed E-state index contributed by atoms with van der Waals surface area (Å²) in [6.07, 6.45) is 4.93. The molecule has 0 radical (unpaired) electrons. The number of hydrogen-bond donors (Lipinski definition) is 1. The summed E-state index contributed by atoms with van der Waals surface area (Å²) in [4.78, 5) is 33.1. The van der Waals surface area contributed by atoms with Crippen molar-refractivity contribution < 1.29 is 9.18 Å². The van der Waals surface area contributed by atoms with Crippen molar-refractivity contribution in [3.8, 4) is 11.4 Å². The van der Waals surface area contributed by atoms with Gasteiger partial charge in [0.05, 0.1) is 11.6 Å². The van der Waals surface area contributed by atoms with Gasteiger partial charge in [0.25, 0.3) is 0 Å². The number of ketones is 1. The van der Waals surface area contributed by atoms with Crippen LogP contribution in [-0.2, 0) is 0 Å². The summed E-state index contributed by atoms with van der Waals surface area (Å²) >= 11 is 0. The molecule has 0 bridgehead atoms. The summed E-state index contributed by atoms with van der Waals surface area (Å²) in [6.45, 7) is 6.17. The molecular weight excluding hydrogens is 395 g/mol. The van der Waals surface area contributed by atoms with Crippen molar-refractivity contribution in [3.05, 3.63) is 65.5 Å². The lowest BCUT2D eigenvalue weighted by atomic mass is 9.88. The van der Waals surface area contributed by atoms with E-state index in [2.05, 4.69) is 30.2 Å². The highest BCUT2D eigenvalue weighted by atomic mass is 19.1. The number of nitrogens with one attached hydrogen (secondary N) is 1. The number of halogens is 1. The van der Waals surface area contributed by atoms with Gasteiger partial charge < -0.3 is 10.2 Å². The van der Waals surface area contributed by atoms with Gasteiger partial charge in [-0.15, -0.1) is 0 Å². The molecule has 4 heterocycles. The van der Waals surface area contributed by atoms with Crippen molar-refractivity contribution in [3.63, 3.8) is 0 Å². The molecule has 0 saturated carbocycles. The maximum Gasteiger partial charge on any atom is 0.225 e. The highest BCUT2D eigenvalue weighted by Gasteiger charge is 2.46. The van der Waals surface area contributed by atoms with E-state index in [-0.39, 0.29) is 23.1 Å². The van der Waals surface area contributed by atoms with E-state index in [0.29, 0.717) is 24.0 Å². The zero-order valence-electron chi connectivity index (χ0n) is 17.4. The van der Waals surface area contributed by atoms with Gasteiger partial charge in [0.15, 0.2) is 11.6 Å². The zero-order valence-corrected chi connectivity index (χ0v) is 17.4. The Labute approximate surface area is 179 Å². The normalized spacial score (nSPS) is 22.5. The molecule has 8 heteroatoms. The third kappa shape index (κ3) is 3.46. The molecule has 2 aromatic heterocycles. The Kier molecular flexibility index (Phi) is 4.94. The number of Topliss-reactive ketones (excluding diaryl/α,β-unsaturated/α-hetero) is 1. The van der Waals surface area contributed by atoms with Crippen molar-refractivity contribution in [2.24, 2.45) is 11.8 Å². The number of fused-ring (bicyclic) bond motifs is 1. The number of anilines is 1. The molecule has 5 rings (SSSR count). The van der Waals surface area contributed by atoms with Crippen molar-refractivity contribution >= 4 is 11.7 Å². The van der Waals surface area contributed by atoms with Crippen LogP contribution >= 0.6 is 0 Å². The second kappa shape index (κ2) is 7.77. The minimum Gasteiger partial charge on any atom is -0.340 e. The fourth-order valence-electron chi connectivity index (χ4n) is 4.59. The van der Waals surface area contributed by atoms with Crippen LogP contribution in [0.15, 0.2) is 42.9 Å². The van der Waals surface area contributed by atoms with Crippen molar-refractivity contribution in [2.75, 3.05) is 24.5 Å². The Hall–Kier alpha value is -3.26. The summed E-state index contributed by atoms with van der Waals surface area (Å²) in [5.41, 5.74) is 2.48. The molecule has 2 saturated heterocycles. The number of aryl methyl sites for hydroxylation is 2. The lowest BCUT2D eigenvalue weighted by Crippen LogP contribution is -2.39. The van der Waals surface area contributed by atoms with E-state index in [4.69, 9.17) is 0 Å². The Morgan fingerprint density at radius 1 is 1.13 bits per heavy atom. The predicted molar refractivity (Wildman–Crippen MR) is 114 cm³/mol. The summed E-state index contributed by atoms with van der Waals surface area (Å²) in [5.74, 6) is 0.707. The maximum absolute atomic E-state index is 14.7. The Bertz CT molecular complexity index is 1140. The smallest absolute Gasteiger partial charge is 0.225 e. The van der Waals surface area contributed by atoms with E-state index in [1.54, 1.807) is 30.6 Å². The van der Waals surface area contributed by atoms with Gasteiger partial charge in [-0.1, -0.05) is 12.1 Å². The average Bonchev–Trinajstić information content (AvgIpc) is 3.36. The van der Waals surface area contributed by atoms with Crippen molar-refractivity contribution in [2.45, 2.75) is 19.9 Å². The van der Waals surface area contributed by atoms with Crippen molar-refractivity contribution in [1.82, 2.24) is 25.3 Å². The highest BCUT2D eigenvalue weighted by molar-refractivity contribution is 6.05. The Morgan fingerprint density at radius 2 is 1.94 bits per heavy atom. The molecule has 7 nitrogen and oxygen atoms in total. The second-order valence-corrected chi connectivity index (χ2v) is 8.25. The van der Waals surface area contributed by atoms with Gasteiger partial charge >= 0.3 is 0 Å². The number of hydrogen-bond acceptors (Lipinski definition) is 7. The number of aromatic nitrogens is 4. The monoisotopic (exact) mass is 418 g/mol. The first-order valence-electron chi connectivity index (χ1n) is 10.4. The molecule has 2 aliphatic rings. The van der Waals surface area contributed by atoms with Crippen LogP contribution in [0.4, 0.5) is 10.3 Å². The quantitative estimate of drug-likeness (QED) is 0.652. The summed E-state index contributed by atoms with van der Waals surface area (Å²) < 4.78 is 14.7. The van der Waals surface area contributed by atoms with Gasteiger partial charge in [-0.25, -0.2) is 24.3 Å².